The van der Waals surface area contributed by atoms with Crippen LogP contribution in [0.2, 0.25) is 0 Å². The minimum atomic E-state index is -0.268. The number of benzene rings is 1. The minimum absolute atomic E-state index is 0.268. The van der Waals surface area contributed by atoms with Crippen LogP contribution < -0.4 is 4.74 Å². The van der Waals surface area contributed by atoms with E-state index in [9.17, 15) is 4.39 Å². The average Bonchev–Trinajstić information content (AvgIpc) is 2.04. The molecule has 1 aliphatic heterocycles. The fourth-order valence-corrected chi connectivity index (χ4v) is 1.59. The molecule has 0 aliphatic carbocycles. The molecular weight excluding hydrogens is 223 g/mol. The van der Waals surface area contributed by atoms with Gasteiger partial charge >= 0.3 is 0 Å². The molecule has 62 valence electrons. The lowest BCUT2D eigenvalue weighted by molar-refractivity contribution is 0.356. The first kappa shape index (κ1) is 7.80. The zero-order valence-corrected chi connectivity index (χ0v) is 7.77. The van der Waals surface area contributed by atoms with Crippen LogP contribution in [0.15, 0.2) is 24.3 Å². The quantitative estimate of drug-likeness (QED) is 0.664. The summed E-state index contributed by atoms with van der Waals surface area (Å²) in [6, 6.07) is 4.51. The van der Waals surface area contributed by atoms with E-state index in [2.05, 4.69) is 15.9 Å². The summed E-state index contributed by atoms with van der Waals surface area (Å²) in [7, 11) is 0. The first-order chi connectivity index (χ1) is 5.77. The first-order valence-electron chi connectivity index (χ1n) is 3.56. The lowest BCUT2D eigenvalue weighted by atomic mass is 10.1. The van der Waals surface area contributed by atoms with E-state index in [-0.39, 0.29) is 5.82 Å². The molecule has 12 heavy (non-hydrogen) atoms. The van der Waals surface area contributed by atoms with Gasteiger partial charge in [0.05, 0.1) is 0 Å². The molecule has 1 aliphatic rings. The van der Waals surface area contributed by atoms with Gasteiger partial charge in [0.15, 0.2) is 0 Å². The van der Waals surface area contributed by atoms with Crippen molar-refractivity contribution in [2.75, 3.05) is 6.61 Å². The highest BCUT2D eigenvalue weighted by atomic mass is 79.9. The molecule has 0 saturated carbocycles. The summed E-state index contributed by atoms with van der Waals surface area (Å²) < 4.78 is 18.9. The SMILES string of the molecule is Fc1ccc2c(c1)OCC=C2Br. The molecule has 1 aromatic rings. The lowest BCUT2D eigenvalue weighted by Crippen LogP contribution is -2.02. The number of hydrogen-bond acceptors (Lipinski definition) is 1. The maximum Gasteiger partial charge on any atom is 0.131 e. The zero-order chi connectivity index (χ0) is 8.55. The van der Waals surface area contributed by atoms with Gasteiger partial charge in [-0.1, -0.05) is 15.9 Å². The van der Waals surface area contributed by atoms with E-state index >= 15 is 0 Å². The van der Waals surface area contributed by atoms with Crippen LogP contribution in [0.5, 0.6) is 5.75 Å². The summed E-state index contributed by atoms with van der Waals surface area (Å²) >= 11 is 3.37. The summed E-state index contributed by atoms with van der Waals surface area (Å²) in [6.45, 7) is 0.497. The van der Waals surface area contributed by atoms with Gasteiger partial charge in [0.1, 0.15) is 18.2 Å². The summed E-state index contributed by atoms with van der Waals surface area (Å²) in [5.41, 5.74) is 0.905. The molecule has 0 fully saturated rings. The highest BCUT2D eigenvalue weighted by molar-refractivity contribution is 9.15. The maximum absolute atomic E-state index is 12.7. The van der Waals surface area contributed by atoms with Gasteiger partial charge in [-0.2, -0.15) is 0 Å². The Balaban J connectivity index is 2.56. The molecule has 2 rings (SSSR count). The Kier molecular flexibility index (Phi) is 1.89. The second-order valence-corrected chi connectivity index (χ2v) is 3.36. The predicted octanol–water partition coefficient (Wildman–Crippen LogP) is 2.95. The van der Waals surface area contributed by atoms with Crippen molar-refractivity contribution in [1.82, 2.24) is 0 Å². The number of fused-ring (bicyclic) bond motifs is 1. The topological polar surface area (TPSA) is 9.23 Å². The normalized spacial score (nSPS) is 14.7. The van der Waals surface area contributed by atoms with Gasteiger partial charge < -0.3 is 4.74 Å². The minimum Gasteiger partial charge on any atom is -0.489 e. The van der Waals surface area contributed by atoms with Crippen LogP contribution >= 0.6 is 15.9 Å². The Morgan fingerprint density at radius 2 is 2.25 bits per heavy atom. The molecule has 0 bridgehead atoms. The second kappa shape index (κ2) is 2.90. The van der Waals surface area contributed by atoms with Gasteiger partial charge in [-0.3, -0.25) is 0 Å². The highest BCUT2D eigenvalue weighted by Crippen LogP contribution is 2.33. The summed E-state index contributed by atoms with van der Waals surface area (Å²) in [6.07, 6.45) is 1.90. The van der Waals surface area contributed by atoms with E-state index in [1.165, 1.54) is 12.1 Å². The van der Waals surface area contributed by atoms with Crippen molar-refractivity contribution in [3.63, 3.8) is 0 Å². The van der Waals surface area contributed by atoms with Crippen molar-refractivity contribution >= 4 is 20.4 Å². The van der Waals surface area contributed by atoms with Gasteiger partial charge in [0, 0.05) is 16.1 Å². The Hall–Kier alpha value is -0.830. The largest absolute Gasteiger partial charge is 0.489 e. The van der Waals surface area contributed by atoms with Crippen molar-refractivity contribution in [1.29, 1.82) is 0 Å². The monoisotopic (exact) mass is 228 g/mol. The first-order valence-corrected chi connectivity index (χ1v) is 4.35. The molecule has 1 nitrogen and oxygen atoms in total. The van der Waals surface area contributed by atoms with E-state index in [1.54, 1.807) is 6.07 Å². The van der Waals surface area contributed by atoms with Crippen LogP contribution in [0.1, 0.15) is 5.56 Å². The molecule has 0 unspecified atom stereocenters. The zero-order valence-electron chi connectivity index (χ0n) is 6.18. The van der Waals surface area contributed by atoms with Crippen LogP contribution in [0.4, 0.5) is 4.39 Å². The fourth-order valence-electron chi connectivity index (χ4n) is 1.13. The molecule has 1 heterocycles. The Morgan fingerprint density at radius 1 is 1.42 bits per heavy atom. The summed E-state index contributed by atoms with van der Waals surface area (Å²) in [5.74, 6) is 0.334. The lowest BCUT2D eigenvalue weighted by Gasteiger charge is -2.14. The Labute approximate surface area is 78.0 Å². The van der Waals surface area contributed by atoms with E-state index in [4.69, 9.17) is 4.74 Å². The smallest absolute Gasteiger partial charge is 0.131 e. The van der Waals surface area contributed by atoms with E-state index in [1.807, 2.05) is 6.08 Å². The number of hydrogen-bond donors (Lipinski definition) is 0. The molecule has 0 saturated heterocycles. The number of halogens is 2. The van der Waals surface area contributed by atoms with Gasteiger partial charge in [-0.15, -0.1) is 0 Å². The Morgan fingerprint density at radius 3 is 3.08 bits per heavy atom. The van der Waals surface area contributed by atoms with Gasteiger partial charge in [-0.05, 0) is 18.2 Å². The van der Waals surface area contributed by atoms with Crippen LogP contribution in [0.3, 0.4) is 0 Å². The fraction of sp³-hybridized carbons (Fsp3) is 0.111. The van der Waals surface area contributed by atoms with Gasteiger partial charge in [0.2, 0.25) is 0 Å². The average molecular weight is 229 g/mol. The highest BCUT2D eigenvalue weighted by Gasteiger charge is 2.11. The predicted molar refractivity (Wildman–Crippen MR) is 48.8 cm³/mol. The molecule has 0 aromatic heterocycles. The number of ether oxygens (including phenoxy) is 1. The van der Waals surface area contributed by atoms with Crippen molar-refractivity contribution < 1.29 is 9.13 Å². The maximum atomic E-state index is 12.7. The van der Waals surface area contributed by atoms with E-state index < -0.39 is 0 Å². The van der Waals surface area contributed by atoms with Crippen LogP contribution in [-0.4, -0.2) is 6.61 Å². The van der Waals surface area contributed by atoms with Crippen molar-refractivity contribution in [2.24, 2.45) is 0 Å². The third kappa shape index (κ3) is 1.25. The van der Waals surface area contributed by atoms with E-state index in [0.29, 0.717) is 12.4 Å². The number of rotatable bonds is 0. The van der Waals surface area contributed by atoms with Crippen LogP contribution in [-0.2, 0) is 0 Å². The van der Waals surface area contributed by atoms with Crippen molar-refractivity contribution in [3.8, 4) is 5.75 Å². The summed E-state index contributed by atoms with van der Waals surface area (Å²) in [4.78, 5) is 0. The van der Waals surface area contributed by atoms with Crippen LogP contribution in [0.25, 0.3) is 4.48 Å². The molecular formula is C9H6BrFO. The van der Waals surface area contributed by atoms with Crippen molar-refractivity contribution in [3.05, 3.63) is 35.7 Å². The van der Waals surface area contributed by atoms with Crippen molar-refractivity contribution in [2.45, 2.75) is 0 Å². The molecule has 3 heteroatoms. The van der Waals surface area contributed by atoms with Gasteiger partial charge in [-0.25, -0.2) is 4.39 Å². The standard InChI is InChI=1S/C9H6BrFO/c10-8-3-4-12-9-5-6(11)1-2-7(8)9/h1-3,5H,4H2. The molecule has 0 spiro atoms. The van der Waals surface area contributed by atoms with E-state index in [0.717, 1.165) is 10.0 Å². The van der Waals surface area contributed by atoms with Crippen LogP contribution in [0, 0.1) is 5.82 Å². The third-order valence-corrected chi connectivity index (χ3v) is 2.45. The van der Waals surface area contributed by atoms with Gasteiger partial charge in [0.25, 0.3) is 0 Å². The second-order valence-electron chi connectivity index (χ2n) is 2.50. The Bertz CT molecular complexity index is 346. The molecule has 0 N–H and O–H groups in total. The molecule has 0 radical (unpaired) electrons. The summed E-state index contributed by atoms with van der Waals surface area (Å²) in [5, 5.41) is 0. The molecule has 0 amide bonds. The molecule has 1 aromatic carbocycles. The molecule has 0 atom stereocenters. The third-order valence-electron chi connectivity index (χ3n) is 1.70.